The van der Waals surface area contributed by atoms with Crippen molar-refractivity contribution in [2.45, 2.75) is 25.3 Å². The molecule has 16 heavy (non-hydrogen) atoms. The number of hydrogen-bond acceptors (Lipinski definition) is 2. The average Bonchev–Trinajstić information content (AvgIpc) is 2.15. The van der Waals surface area contributed by atoms with E-state index in [2.05, 4.69) is 0 Å². The Kier molecular flexibility index (Phi) is 4.90. The predicted octanol–water partition coefficient (Wildman–Crippen LogP) is 3.57. The van der Waals surface area contributed by atoms with Crippen LogP contribution in [0.5, 0.6) is 5.75 Å². The molecule has 0 radical (unpaired) electrons. The first-order valence-electron chi connectivity index (χ1n) is 5.31. The highest BCUT2D eigenvalue weighted by Gasteiger charge is 2.27. The molecule has 1 aliphatic carbocycles. The molecule has 1 aliphatic rings. The van der Waals surface area contributed by atoms with Crippen molar-refractivity contribution >= 4 is 24.0 Å². The Morgan fingerprint density at radius 1 is 1.44 bits per heavy atom. The van der Waals surface area contributed by atoms with Crippen LogP contribution in [0.4, 0.5) is 0 Å². The summed E-state index contributed by atoms with van der Waals surface area (Å²) in [5.41, 5.74) is 7.24. The van der Waals surface area contributed by atoms with Crippen molar-refractivity contribution in [2.75, 3.05) is 7.11 Å². The number of ether oxygens (including phenoxy) is 1. The van der Waals surface area contributed by atoms with Crippen molar-refractivity contribution in [1.29, 1.82) is 0 Å². The molecule has 1 fully saturated rings. The first-order chi connectivity index (χ1) is 7.22. The van der Waals surface area contributed by atoms with Crippen LogP contribution < -0.4 is 10.5 Å². The van der Waals surface area contributed by atoms with Gasteiger partial charge in [-0.2, -0.15) is 0 Å². The second kappa shape index (κ2) is 5.76. The molecule has 2 rings (SSSR count). The molecule has 0 aromatic heterocycles. The minimum absolute atomic E-state index is 0. The van der Waals surface area contributed by atoms with Crippen molar-refractivity contribution in [1.82, 2.24) is 0 Å². The molecule has 1 atom stereocenters. The Morgan fingerprint density at radius 3 is 2.62 bits per heavy atom. The summed E-state index contributed by atoms with van der Waals surface area (Å²) in [5, 5.41) is 0.723. The van der Waals surface area contributed by atoms with Gasteiger partial charge in [-0.25, -0.2) is 0 Å². The molecule has 1 aromatic rings. The highest BCUT2D eigenvalue weighted by atomic mass is 35.5. The van der Waals surface area contributed by atoms with E-state index < -0.39 is 0 Å². The Balaban J connectivity index is 0.00000128. The van der Waals surface area contributed by atoms with E-state index in [0.717, 1.165) is 16.3 Å². The fraction of sp³-hybridized carbons (Fsp3) is 0.500. The van der Waals surface area contributed by atoms with Crippen LogP contribution in [0.2, 0.25) is 5.02 Å². The van der Waals surface area contributed by atoms with Gasteiger partial charge in [-0.1, -0.05) is 18.0 Å². The van der Waals surface area contributed by atoms with E-state index in [0.29, 0.717) is 5.92 Å². The lowest BCUT2D eigenvalue weighted by Gasteiger charge is -2.32. The maximum atomic E-state index is 6.21. The Hall–Kier alpha value is -0.440. The zero-order chi connectivity index (χ0) is 10.8. The van der Waals surface area contributed by atoms with Crippen LogP contribution in [0.15, 0.2) is 18.2 Å². The van der Waals surface area contributed by atoms with Crippen LogP contribution in [-0.4, -0.2) is 7.11 Å². The van der Waals surface area contributed by atoms with E-state index >= 15 is 0 Å². The third-order valence-electron chi connectivity index (χ3n) is 3.21. The number of hydrogen-bond donors (Lipinski definition) is 1. The molecule has 1 aromatic carbocycles. The molecular formula is C12H17Cl2NO. The molecule has 0 amide bonds. The van der Waals surface area contributed by atoms with Gasteiger partial charge in [0.05, 0.1) is 7.11 Å². The Labute approximate surface area is 108 Å². The average molecular weight is 262 g/mol. The lowest BCUT2D eigenvalue weighted by molar-refractivity contribution is 0.259. The minimum Gasteiger partial charge on any atom is -0.496 e. The normalized spacial score (nSPS) is 17.2. The van der Waals surface area contributed by atoms with E-state index in [1.807, 2.05) is 18.2 Å². The third kappa shape index (κ3) is 2.62. The summed E-state index contributed by atoms with van der Waals surface area (Å²) in [5.74, 6) is 1.44. The van der Waals surface area contributed by atoms with Gasteiger partial charge in [-0.15, -0.1) is 12.4 Å². The van der Waals surface area contributed by atoms with Crippen LogP contribution in [0.25, 0.3) is 0 Å². The third-order valence-corrected chi connectivity index (χ3v) is 3.44. The molecule has 0 spiro atoms. The molecule has 4 heteroatoms. The van der Waals surface area contributed by atoms with Crippen LogP contribution in [0.1, 0.15) is 30.9 Å². The highest BCUT2D eigenvalue weighted by molar-refractivity contribution is 6.30. The van der Waals surface area contributed by atoms with Gasteiger partial charge in [0.1, 0.15) is 5.75 Å². The van der Waals surface area contributed by atoms with E-state index in [1.54, 1.807) is 7.11 Å². The first kappa shape index (κ1) is 13.6. The van der Waals surface area contributed by atoms with Gasteiger partial charge in [-0.3, -0.25) is 0 Å². The smallest absolute Gasteiger partial charge is 0.123 e. The van der Waals surface area contributed by atoms with Gasteiger partial charge in [0, 0.05) is 16.6 Å². The summed E-state index contributed by atoms with van der Waals surface area (Å²) in [6.07, 6.45) is 3.73. The molecule has 0 saturated heterocycles. The standard InChI is InChI=1S/C12H16ClNO.ClH/c1-15-11-6-5-9(13)7-10(11)12(14)8-3-2-4-8;/h5-8,12H,2-4,14H2,1H3;1H/t12-;/m0./s1. The summed E-state index contributed by atoms with van der Waals surface area (Å²) in [6.45, 7) is 0. The van der Waals surface area contributed by atoms with E-state index in [-0.39, 0.29) is 18.4 Å². The fourth-order valence-corrected chi connectivity index (χ4v) is 2.20. The zero-order valence-corrected chi connectivity index (χ0v) is 10.9. The zero-order valence-electron chi connectivity index (χ0n) is 9.28. The summed E-state index contributed by atoms with van der Waals surface area (Å²) < 4.78 is 5.30. The molecule has 0 heterocycles. The Bertz CT molecular complexity index is 353. The summed E-state index contributed by atoms with van der Waals surface area (Å²) in [7, 11) is 1.67. The summed E-state index contributed by atoms with van der Waals surface area (Å²) in [6, 6.07) is 5.70. The van der Waals surface area contributed by atoms with Crippen molar-refractivity contribution in [2.24, 2.45) is 11.7 Å². The number of nitrogens with two attached hydrogens (primary N) is 1. The molecule has 2 nitrogen and oxygen atoms in total. The molecule has 0 aliphatic heterocycles. The number of rotatable bonds is 3. The van der Waals surface area contributed by atoms with Gasteiger partial charge in [-0.05, 0) is 37.0 Å². The van der Waals surface area contributed by atoms with Crippen molar-refractivity contribution in [3.8, 4) is 5.75 Å². The van der Waals surface area contributed by atoms with Gasteiger partial charge in [0.25, 0.3) is 0 Å². The summed E-state index contributed by atoms with van der Waals surface area (Å²) >= 11 is 5.97. The van der Waals surface area contributed by atoms with Crippen LogP contribution in [0, 0.1) is 5.92 Å². The molecule has 1 saturated carbocycles. The molecule has 90 valence electrons. The number of benzene rings is 1. The molecular weight excluding hydrogens is 245 g/mol. The largest absolute Gasteiger partial charge is 0.496 e. The van der Waals surface area contributed by atoms with E-state index in [1.165, 1.54) is 19.3 Å². The SMILES string of the molecule is COc1ccc(Cl)cc1[C@@H](N)C1CCC1.Cl. The minimum atomic E-state index is 0. The predicted molar refractivity (Wildman–Crippen MR) is 69.5 cm³/mol. The van der Waals surface area contributed by atoms with E-state index in [4.69, 9.17) is 22.1 Å². The van der Waals surface area contributed by atoms with E-state index in [9.17, 15) is 0 Å². The second-order valence-corrected chi connectivity index (χ2v) is 4.54. The molecule has 2 N–H and O–H groups in total. The van der Waals surface area contributed by atoms with Gasteiger partial charge in [0.2, 0.25) is 0 Å². The maximum absolute atomic E-state index is 6.21. The second-order valence-electron chi connectivity index (χ2n) is 4.10. The number of methoxy groups -OCH3 is 1. The first-order valence-corrected chi connectivity index (χ1v) is 5.69. The molecule has 0 bridgehead atoms. The van der Waals surface area contributed by atoms with Crippen molar-refractivity contribution < 1.29 is 4.74 Å². The van der Waals surface area contributed by atoms with Crippen LogP contribution in [-0.2, 0) is 0 Å². The topological polar surface area (TPSA) is 35.2 Å². The lowest BCUT2D eigenvalue weighted by atomic mass is 9.77. The lowest BCUT2D eigenvalue weighted by Crippen LogP contribution is -2.27. The van der Waals surface area contributed by atoms with Crippen molar-refractivity contribution in [3.63, 3.8) is 0 Å². The molecule has 0 unspecified atom stereocenters. The fourth-order valence-electron chi connectivity index (χ4n) is 2.02. The van der Waals surface area contributed by atoms with Gasteiger partial charge < -0.3 is 10.5 Å². The number of halogens is 2. The summed E-state index contributed by atoms with van der Waals surface area (Å²) in [4.78, 5) is 0. The Morgan fingerprint density at radius 2 is 2.12 bits per heavy atom. The van der Waals surface area contributed by atoms with Gasteiger partial charge >= 0.3 is 0 Å². The highest BCUT2D eigenvalue weighted by Crippen LogP contribution is 2.39. The van der Waals surface area contributed by atoms with Gasteiger partial charge in [0.15, 0.2) is 0 Å². The van der Waals surface area contributed by atoms with Crippen LogP contribution in [0.3, 0.4) is 0 Å². The van der Waals surface area contributed by atoms with Crippen molar-refractivity contribution in [3.05, 3.63) is 28.8 Å². The maximum Gasteiger partial charge on any atom is 0.123 e. The monoisotopic (exact) mass is 261 g/mol. The quantitative estimate of drug-likeness (QED) is 0.903. The van der Waals surface area contributed by atoms with Crippen LogP contribution >= 0.6 is 24.0 Å².